The first-order valence-electron chi connectivity index (χ1n) is 6.36. The summed E-state index contributed by atoms with van der Waals surface area (Å²) in [5.74, 6) is -1.28. The minimum absolute atomic E-state index is 0.102. The lowest BCUT2D eigenvalue weighted by atomic mass is 10.3. The summed E-state index contributed by atoms with van der Waals surface area (Å²) in [5, 5.41) is 17.8. The highest BCUT2D eigenvalue weighted by Gasteiger charge is 2.17. The van der Waals surface area contributed by atoms with Gasteiger partial charge in [0.2, 0.25) is 0 Å². The highest BCUT2D eigenvalue weighted by atomic mass is 16.4. The largest absolute Gasteiger partial charge is 0.543 e. The summed E-state index contributed by atoms with van der Waals surface area (Å²) in [6.45, 7) is 9.48. The summed E-state index contributed by atoms with van der Waals surface area (Å²) in [4.78, 5) is 14.6. The van der Waals surface area contributed by atoms with Crippen LogP contribution in [0.4, 0.5) is 0 Å². The van der Waals surface area contributed by atoms with E-state index < -0.39 is 5.97 Å². The molecule has 1 fully saturated rings. The Morgan fingerprint density at radius 3 is 2.72 bits per heavy atom. The van der Waals surface area contributed by atoms with Crippen LogP contribution in [0.2, 0.25) is 0 Å². The Balaban J connectivity index is 1.76. The van der Waals surface area contributed by atoms with Crippen LogP contribution in [-0.4, -0.2) is 65.1 Å². The van der Waals surface area contributed by atoms with Gasteiger partial charge < -0.3 is 14.8 Å². The van der Waals surface area contributed by atoms with Gasteiger partial charge in [-0.05, 0) is 6.92 Å². The smallest absolute Gasteiger partial charge is 0.128 e. The van der Waals surface area contributed by atoms with E-state index >= 15 is 0 Å². The molecule has 7 heteroatoms. The van der Waals surface area contributed by atoms with E-state index in [1.165, 1.54) is 25.8 Å². The van der Waals surface area contributed by atoms with Crippen molar-refractivity contribution in [3.05, 3.63) is 11.9 Å². The Bertz CT molecular complexity index is 398. The van der Waals surface area contributed by atoms with Crippen LogP contribution in [0.15, 0.2) is 6.20 Å². The lowest BCUT2D eigenvalue weighted by molar-refractivity contribution is -0.902. The van der Waals surface area contributed by atoms with Gasteiger partial charge in [-0.1, -0.05) is 5.21 Å². The first-order valence-corrected chi connectivity index (χ1v) is 6.36. The van der Waals surface area contributed by atoms with Gasteiger partial charge in [-0.15, -0.1) is 5.10 Å². The number of carbonyl (C=O) groups excluding carboxylic acids is 1. The molecule has 1 aromatic rings. The van der Waals surface area contributed by atoms with Crippen LogP contribution in [-0.2, 0) is 6.54 Å². The van der Waals surface area contributed by atoms with Crippen molar-refractivity contribution < 1.29 is 14.8 Å². The van der Waals surface area contributed by atoms with E-state index in [9.17, 15) is 9.90 Å². The zero-order chi connectivity index (χ0) is 13.0. The van der Waals surface area contributed by atoms with Crippen molar-refractivity contribution >= 4 is 5.97 Å². The number of carboxylic acids is 1. The number of rotatable bonds is 5. The Kier molecular flexibility index (Phi) is 4.27. The first kappa shape index (κ1) is 13.0. The molecule has 18 heavy (non-hydrogen) atoms. The number of hydrogen-bond donors (Lipinski definition) is 1. The number of piperazine rings is 1. The zero-order valence-corrected chi connectivity index (χ0v) is 10.6. The monoisotopic (exact) mass is 253 g/mol. The molecule has 0 saturated carbocycles. The summed E-state index contributed by atoms with van der Waals surface area (Å²) in [6.07, 6.45) is 1.42. The molecule has 0 unspecified atom stereocenters. The molecule has 0 aromatic carbocycles. The van der Waals surface area contributed by atoms with E-state index in [2.05, 4.69) is 22.1 Å². The summed E-state index contributed by atoms with van der Waals surface area (Å²) in [6, 6.07) is 0. The number of carboxylic acid groups (broad SMARTS) is 1. The topological polar surface area (TPSA) is 78.5 Å². The normalized spacial score (nSPS) is 18.1. The molecule has 1 N–H and O–H groups in total. The second-order valence-corrected chi connectivity index (χ2v) is 4.60. The molecule has 1 aliphatic rings. The molecule has 0 aliphatic carbocycles. The summed E-state index contributed by atoms with van der Waals surface area (Å²) in [5.41, 5.74) is -0.102. The molecule has 0 atom stereocenters. The molecule has 7 nitrogen and oxygen atoms in total. The zero-order valence-electron chi connectivity index (χ0n) is 10.6. The molecule has 1 aliphatic heterocycles. The van der Waals surface area contributed by atoms with Gasteiger partial charge in [0.15, 0.2) is 0 Å². The third-order valence-corrected chi connectivity index (χ3v) is 3.46. The van der Waals surface area contributed by atoms with Gasteiger partial charge in [-0.3, -0.25) is 9.58 Å². The fourth-order valence-electron chi connectivity index (χ4n) is 2.19. The summed E-state index contributed by atoms with van der Waals surface area (Å²) in [7, 11) is 0. The molecule has 2 heterocycles. The predicted molar refractivity (Wildman–Crippen MR) is 62.0 cm³/mol. The van der Waals surface area contributed by atoms with Gasteiger partial charge in [0.1, 0.15) is 5.69 Å². The molecule has 1 aromatic heterocycles. The average Bonchev–Trinajstić information content (AvgIpc) is 2.86. The highest BCUT2D eigenvalue weighted by Crippen LogP contribution is 1.94. The van der Waals surface area contributed by atoms with Gasteiger partial charge in [0.25, 0.3) is 0 Å². The molecule has 0 amide bonds. The number of hydrogen-bond acceptors (Lipinski definition) is 5. The van der Waals surface area contributed by atoms with Crippen LogP contribution in [0, 0.1) is 0 Å². The predicted octanol–water partition coefficient (Wildman–Crippen LogP) is -3.14. The van der Waals surface area contributed by atoms with Crippen LogP contribution in [0.3, 0.4) is 0 Å². The van der Waals surface area contributed by atoms with Crippen molar-refractivity contribution in [3.8, 4) is 0 Å². The van der Waals surface area contributed by atoms with Crippen molar-refractivity contribution in [1.82, 2.24) is 19.9 Å². The van der Waals surface area contributed by atoms with Crippen molar-refractivity contribution in [2.24, 2.45) is 0 Å². The first-order chi connectivity index (χ1) is 8.69. The van der Waals surface area contributed by atoms with Gasteiger partial charge in [0, 0.05) is 19.6 Å². The van der Waals surface area contributed by atoms with Crippen molar-refractivity contribution in [2.45, 2.75) is 13.5 Å². The maximum Gasteiger partial charge on any atom is 0.128 e. The molecule has 0 radical (unpaired) electrons. The van der Waals surface area contributed by atoms with Crippen molar-refractivity contribution in [2.75, 3.05) is 39.3 Å². The maximum atomic E-state index is 10.5. The Labute approximate surface area is 106 Å². The Hall–Kier alpha value is -1.47. The van der Waals surface area contributed by atoms with E-state index in [0.29, 0.717) is 6.54 Å². The lowest BCUT2D eigenvalue weighted by Crippen LogP contribution is -3.14. The third-order valence-electron chi connectivity index (χ3n) is 3.46. The molecule has 0 bridgehead atoms. The average molecular weight is 253 g/mol. The van der Waals surface area contributed by atoms with E-state index in [1.54, 1.807) is 9.58 Å². The molecule has 0 spiro atoms. The van der Waals surface area contributed by atoms with Crippen molar-refractivity contribution in [1.29, 1.82) is 0 Å². The van der Waals surface area contributed by atoms with E-state index in [0.717, 1.165) is 19.6 Å². The van der Waals surface area contributed by atoms with Gasteiger partial charge in [0.05, 0.1) is 38.3 Å². The minimum atomic E-state index is -1.28. The van der Waals surface area contributed by atoms with Crippen LogP contribution in [0.25, 0.3) is 0 Å². The van der Waals surface area contributed by atoms with E-state index in [-0.39, 0.29) is 5.69 Å². The number of carbonyl (C=O) groups is 1. The fraction of sp³-hybridized carbons (Fsp3) is 0.727. The highest BCUT2D eigenvalue weighted by molar-refractivity contribution is 5.82. The fourth-order valence-corrected chi connectivity index (χ4v) is 2.19. The van der Waals surface area contributed by atoms with Crippen LogP contribution in [0.1, 0.15) is 17.4 Å². The maximum absolute atomic E-state index is 10.5. The van der Waals surface area contributed by atoms with Crippen LogP contribution in [0.5, 0.6) is 0 Å². The Morgan fingerprint density at radius 1 is 1.44 bits per heavy atom. The number of nitrogens with one attached hydrogen (secondary N) is 1. The molecule has 100 valence electrons. The van der Waals surface area contributed by atoms with E-state index in [1.807, 2.05) is 0 Å². The molecular weight excluding hydrogens is 234 g/mol. The van der Waals surface area contributed by atoms with Crippen LogP contribution < -0.4 is 10.0 Å². The lowest BCUT2D eigenvalue weighted by Gasteiger charge is -2.31. The number of nitrogens with zero attached hydrogens (tertiary/aromatic N) is 4. The number of quaternary nitrogens is 1. The standard InChI is InChI=1S/C11H19N5O2/c1-2-14-3-5-15(6-4-14)7-8-16-9-10(11(17)18)12-13-16/h9H,2-8H2,1H3,(H,17,18). The number of aromatic nitrogens is 3. The molecule has 1 saturated heterocycles. The Morgan fingerprint density at radius 2 is 2.17 bits per heavy atom. The van der Waals surface area contributed by atoms with Gasteiger partial charge in [-0.25, -0.2) is 0 Å². The van der Waals surface area contributed by atoms with Gasteiger partial charge in [-0.2, -0.15) is 0 Å². The molecule has 2 rings (SSSR count). The number of likely N-dealkylation sites (N-methyl/N-ethyl adjacent to an activating group) is 1. The van der Waals surface area contributed by atoms with Crippen LogP contribution >= 0.6 is 0 Å². The quantitative estimate of drug-likeness (QED) is 0.600. The van der Waals surface area contributed by atoms with E-state index in [4.69, 9.17) is 0 Å². The summed E-state index contributed by atoms with van der Waals surface area (Å²) < 4.78 is 1.56. The SMILES string of the molecule is CC[NH+]1CCN(CCn2cc(C(=O)[O-])nn2)CC1. The summed E-state index contributed by atoms with van der Waals surface area (Å²) >= 11 is 0. The molecular formula is C11H19N5O2. The van der Waals surface area contributed by atoms with Crippen molar-refractivity contribution in [3.63, 3.8) is 0 Å². The second-order valence-electron chi connectivity index (χ2n) is 4.60. The number of aromatic carboxylic acids is 1. The minimum Gasteiger partial charge on any atom is -0.543 e. The second kappa shape index (κ2) is 5.92. The third kappa shape index (κ3) is 3.27. The van der Waals surface area contributed by atoms with Gasteiger partial charge >= 0.3 is 0 Å².